The molecule has 1 unspecified atom stereocenters. The average Bonchev–Trinajstić information content (AvgIpc) is 1.82. The van der Waals surface area contributed by atoms with Gasteiger partial charge in [-0.05, 0) is 0 Å². The van der Waals surface area contributed by atoms with E-state index in [0.717, 1.165) is 11.0 Å². The van der Waals surface area contributed by atoms with Crippen LogP contribution in [0.4, 0.5) is 0 Å². The third-order valence-corrected chi connectivity index (χ3v) is 1.55. The van der Waals surface area contributed by atoms with Crippen LogP contribution in [0.25, 0.3) is 0 Å². The molecular weight excluding hydrogens is 154 g/mol. The first kappa shape index (κ1) is 11.2. The average molecular weight is 172 g/mol. The van der Waals surface area contributed by atoms with Gasteiger partial charge in [0.05, 0.1) is 34.1 Å². The highest BCUT2D eigenvalue weighted by molar-refractivity contribution is 5.67. The van der Waals surface area contributed by atoms with Crippen molar-refractivity contribution >= 4 is 5.97 Å². The molecule has 0 aromatic carbocycles. The smallest absolute Gasteiger partial charge is 0.304 e. The van der Waals surface area contributed by atoms with E-state index >= 15 is 0 Å². The van der Waals surface area contributed by atoms with Crippen molar-refractivity contribution in [3.05, 3.63) is 12.7 Å². The Kier molecular flexibility index (Phi) is 3.96. The van der Waals surface area contributed by atoms with Gasteiger partial charge in [0.15, 0.2) is 0 Å². The first-order valence-electron chi connectivity index (χ1n) is 4.00. The Morgan fingerprint density at radius 1 is 1.58 bits per heavy atom. The van der Waals surface area contributed by atoms with Crippen LogP contribution in [0.1, 0.15) is 6.42 Å². The molecule has 0 amide bonds. The Bertz CT molecular complexity index is 170. The maximum atomic E-state index is 10.4. The highest BCUT2D eigenvalue weighted by atomic mass is 16.4. The Labute approximate surface area is 73.9 Å². The minimum absolute atomic E-state index is 0.0718. The summed E-state index contributed by atoms with van der Waals surface area (Å²) >= 11 is 0. The van der Waals surface area contributed by atoms with Gasteiger partial charge in [0.1, 0.15) is 0 Å². The lowest BCUT2D eigenvalue weighted by Crippen LogP contribution is -2.39. The van der Waals surface area contributed by atoms with Gasteiger partial charge in [-0.25, -0.2) is 0 Å². The van der Waals surface area contributed by atoms with Crippen LogP contribution in [-0.2, 0) is 4.79 Å². The van der Waals surface area contributed by atoms with E-state index < -0.39 is 5.97 Å². The fraction of sp³-hybridized carbons (Fsp3) is 0.667. The van der Waals surface area contributed by atoms with E-state index in [1.165, 1.54) is 0 Å². The maximum Gasteiger partial charge on any atom is 0.304 e. The normalized spacial score (nSPS) is 13.9. The Morgan fingerprint density at radius 3 is 2.33 bits per heavy atom. The van der Waals surface area contributed by atoms with Gasteiger partial charge in [0.25, 0.3) is 0 Å². The molecule has 70 valence electrons. The van der Waals surface area contributed by atoms with Crippen LogP contribution in [0, 0.1) is 5.92 Å². The molecule has 0 aromatic rings. The summed E-state index contributed by atoms with van der Waals surface area (Å²) in [6, 6.07) is 0. The third kappa shape index (κ3) is 5.92. The van der Waals surface area contributed by atoms with Crippen LogP contribution in [0.15, 0.2) is 12.7 Å². The molecule has 0 bridgehead atoms. The summed E-state index contributed by atoms with van der Waals surface area (Å²) in [5.74, 6) is -0.684. The summed E-state index contributed by atoms with van der Waals surface area (Å²) in [7, 11) is 6.12. The summed E-state index contributed by atoms with van der Waals surface area (Å²) in [4.78, 5) is 10.4. The van der Waals surface area contributed by atoms with Gasteiger partial charge in [-0.2, -0.15) is 0 Å². The number of carboxylic acid groups (broad SMARTS) is 1. The Hall–Kier alpha value is -0.830. The fourth-order valence-corrected chi connectivity index (χ4v) is 1.15. The van der Waals surface area contributed by atoms with Crippen LogP contribution in [-0.4, -0.2) is 43.2 Å². The van der Waals surface area contributed by atoms with Crippen molar-refractivity contribution in [3.63, 3.8) is 0 Å². The van der Waals surface area contributed by atoms with Gasteiger partial charge in [0, 0.05) is 5.92 Å². The number of rotatable bonds is 5. The Morgan fingerprint density at radius 2 is 2.08 bits per heavy atom. The van der Waals surface area contributed by atoms with E-state index in [2.05, 4.69) is 6.58 Å². The zero-order chi connectivity index (χ0) is 9.78. The lowest BCUT2D eigenvalue weighted by Gasteiger charge is -2.27. The summed E-state index contributed by atoms with van der Waals surface area (Å²) in [5.41, 5.74) is 0. The molecule has 1 atom stereocenters. The first-order valence-corrected chi connectivity index (χ1v) is 4.00. The maximum absolute atomic E-state index is 10.4. The predicted octanol–water partition coefficient (Wildman–Crippen LogP) is 0.970. The quantitative estimate of drug-likeness (QED) is 0.495. The highest BCUT2D eigenvalue weighted by Gasteiger charge is 2.17. The van der Waals surface area contributed by atoms with Gasteiger partial charge in [0.2, 0.25) is 0 Å². The summed E-state index contributed by atoms with van der Waals surface area (Å²) in [6.07, 6.45) is 1.90. The van der Waals surface area contributed by atoms with Crippen LogP contribution in [0.5, 0.6) is 0 Å². The minimum Gasteiger partial charge on any atom is -0.481 e. The fourth-order valence-electron chi connectivity index (χ4n) is 1.15. The second-order valence-corrected chi connectivity index (χ2v) is 4.07. The molecule has 0 radical (unpaired) electrons. The lowest BCUT2D eigenvalue weighted by molar-refractivity contribution is -0.873. The number of hydrogen-bond acceptors (Lipinski definition) is 1. The third-order valence-electron chi connectivity index (χ3n) is 1.55. The molecule has 0 aliphatic carbocycles. The molecule has 3 heteroatoms. The zero-order valence-corrected chi connectivity index (χ0v) is 8.08. The van der Waals surface area contributed by atoms with Crippen molar-refractivity contribution in [1.29, 1.82) is 0 Å². The molecule has 0 saturated heterocycles. The highest BCUT2D eigenvalue weighted by Crippen LogP contribution is 2.08. The zero-order valence-electron chi connectivity index (χ0n) is 8.08. The molecule has 0 rings (SSSR count). The molecule has 0 aromatic heterocycles. The number of carboxylic acids is 1. The topological polar surface area (TPSA) is 37.3 Å². The van der Waals surface area contributed by atoms with E-state index in [0.29, 0.717) is 0 Å². The molecule has 0 saturated carbocycles. The minimum atomic E-state index is -0.756. The first-order chi connectivity index (χ1) is 5.35. The van der Waals surface area contributed by atoms with Gasteiger partial charge in [-0.1, -0.05) is 6.08 Å². The van der Waals surface area contributed by atoms with Gasteiger partial charge in [-0.15, -0.1) is 6.58 Å². The van der Waals surface area contributed by atoms with Gasteiger partial charge >= 0.3 is 5.97 Å². The molecule has 3 nitrogen and oxygen atoms in total. The number of hydrogen-bond donors (Lipinski definition) is 1. The standard InChI is InChI=1S/C9H17NO2/c1-5-8(6-9(11)12)7-10(2,3)4/h5,8H,1,6-7H2,2-4H3/p+1. The molecule has 0 aliphatic rings. The van der Waals surface area contributed by atoms with Crippen LogP contribution < -0.4 is 0 Å². The summed E-state index contributed by atoms with van der Waals surface area (Å²) in [5, 5.41) is 8.56. The van der Waals surface area contributed by atoms with Crippen molar-refractivity contribution in [1.82, 2.24) is 0 Å². The number of aliphatic carboxylic acids is 1. The van der Waals surface area contributed by atoms with E-state index in [1.54, 1.807) is 6.08 Å². The molecule has 1 N–H and O–H groups in total. The molecular formula is C9H18NO2+. The Balaban J connectivity index is 4.00. The van der Waals surface area contributed by atoms with Crippen molar-refractivity contribution in [2.75, 3.05) is 27.7 Å². The molecule has 0 spiro atoms. The van der Waals surface area contributed by atoms with Crippen molar-refractivity contribution in [2.24, 2.45) is 5.92 Å². The van der Waals surface area contributed by atoms with Crippen molar-refractivity contribution in [2.45, 2.75) is 6.42 Å². The molecule has 12 heavy (non-hydrogen) atoms. The summed E-state index contributed by atoms with van der Waals surface area (Å²) in [6.45, 7) is 4.44. The molecule has 0 aliphatic heterocycles. The van der Waals surface area contributed by atoms with Gasteiger partial charge < -0.3 is 9.59 Å². The largest absolute Gasteiger partial charge is 0.481 e. The van der Waals surface area contributed by atoms with Gasteiger partial charge in [-0.3, -0.25) is 4.79 Å². The van der Waals surface area contributed by atoms with Crippen LogP contribution in [0.2, 0.25) is 0 Å². The monoisotopic (exact) mass is 172 g/mol. The van der Waals surface area contributed by atoms with E-state index in [1.807, 2.05) is 21.1 Å². The second-order valence-electron chi connectivity index (χ2n) is 4.07. The molecule has 0 heterocycles. The second kappa shape index (κ2) is 4.26. The van der Waals surface area contributed by atoms with Crippen molar-refractivity contribution in [3.8, 4) is 0 Å². The predicted molar refractivity (Wildman–Crippen MR) is 48.8 cm³/mol. The van der Waals surface area contributed by atoms with Crippen molar-refractivity contribution < 1.29 is 14.4 Å². The van der Waals surface area contributed by atoms with E-state index in [4.69, 9.17) is 5.11 Å². The number of quaternary nitrogens is 1. The van der Waals surface area contributed by atoms with Crippen LogP contribution in [0.3, 0.4) is 0 Å². The number of nitrogens with zero attached hydrogens (tertiary/aromatic N) is 1. The number of carbonyl (C=O) groups is 1. The van der Waals surface area contributed by atoms with E-state index in [9.17, 15) is 4.79 Å². The lowest BCUT2D eigenvalue weighted by atomic mass is 10.1. The van der Waals surface area contributed by atoms with Crippen LogP contribution >= 0.6 is 0 Å². The molecule has 0 fully saturated rings. The van der Waals surface area contributed by atoms with E-state index in [-0.39, 0.29) is 12.3 Å². The SMILES string of the molecule is C=CC(CC(=O)O)C[N+](C)(C)C. The summed E-state index contributed by atoms with van der Waals surface area (Å²) < 4.78 is 0.768.